The number of fused-ring (bicyclic) bond motifs is 4. The van der Waals surface area contributed by atoms with E-state index in [-0.39, 0.29) is 26.5 Å². The largest absolute Gasteiger partial charge is 2.00 e. The van der Waals surface area contributed by atoms with Crippen LogP contribution in [0.1, 0.15) is 50.3 Å². The van der Waals surface area contributed by atoms with Crippen LogP contribution in [-0.4, -0.2) is 23.3 Å². The van der Waals surface area contributed by atoms with Crippen LogP contribution in [0.2, 0.25) is 0 Å². The molecule has 0 saturated carbocycles. The molecule has 0 spiro atoms. The standard InChI is InChI=1S/C43H38N4.Pt/c1-29(2)34-15-6-7-16-35(34)30-23-24-44-42(25-30)47-38-18-9-8-17-36(38)37-22-21-32(27-41(37)47)43(3,4)31-13-12-14-33(26-31)46-28-45(5)39-19-10-11-20-40(39)46;/h6-25,29H,28H2,1-5H3;/q-2;+2. The van der Waals surface area contributed by atoms with Crippen LogP contribution in [0.5, 0.6) is 0 Å². The van der Waals surface area contributed by atoms with Gasteiger partial charge in [0.05, 0.1) is 18.0 Å². The van der Waals surface area contributed by atoms with Crippen molar-refractivity contribution in [3.63, 3.8) is 0 Å². The normalized spacial score (nSPS) is 13.0. The number of nitrogens with zero attached hydrogens (tertiary/aromatic N) is 4. The predicted octanol–water partition coefficient (Wildman–Crippen LogP) is 10.4. The molecule has 0 bridgehead atoms. The zero-order valence-corrected chi connectivity index (χ0v) is 30.2. The maximum atomic E-state index is 4.94. The number of para-hydroxylation sites is 3. The number of anilines is 3. The Morgan fingerprint density at radius 2 is 1.46 bits per heavy atom. The molecule has 0 fully saturated rings. The summed E-state index contributed by atoms with van der Waals surface area (Å²) in [6.07, 6.45) is 1.94. The van der Waals surface area contributed by atoms with Gasteiger partial charge >= 0.3 is 21.1 Å². The molecule has 48 heavy (non-hydrogen) atoms. The van der Waals surface area contributed by atoms with Crippen LogP contribution in [0, 0.1) is 12.1 Å². The molecule has 1 aliphatic heterocycles. The van der Waals surface area contributed by atoms with Crippen molar-refractivity contribution in [3.8, 4) is 16.9 Å². The third kappa shape index (κ3) is 5.24. The van der Waals surface area contributed by atoms with E-state index in [9.17, 15) is 0 Å². The molecule has 0 aliphatic carbocycles. The van der Waals surface area contributed by atoms with Gasteiger partial charge in [-0.2, -0.15) is 47.5 Å². The molecule has 0 atom stereocenters. The van der Waals surface area contributed by atoms with Crippen LogP contribution in [0.3, 0.4) is 0 Å². The fraction of sp³-hybridized carbons (Fsp3) is 0.186. The van der Waals surface area contributed by atoms with E-state index in [0.29, 0.717) is 5.92 Å². The van der Waals surface area contributed by atoms with E-state index in [2.05, 4.69) is 177 Å². The molecule has 0 radical (unpaired) electrons. The Bertz CT molecular complexity index is 2280. The molecular formula is C43H38N4Pt. The Kier molecular flexibility index (Phi) is 8.25. The first-order valence-electron chi connectivity index (χ1n) is 16.4. The van der Waals surface area contributed by atoms with Crippen molar-refractivity contribution < 1.29 is 21.1 Å². The van der Waals surface area contributed by atoms with Crippen molar-refractivity contribution in [1.29, 1.82) is 0 Å². The van der Waals surface area contributed by atoms with E-state index in [1.54, 1.807) is 0 Å². The van der Waals surface area contributed by atoms with Crippen molar-refractivity contribution in [2.75, 3.05) is 23.5 Å². The molecular weight excluding hydrogens is 768 g/mol. The maximum Gasteiger partial charge on any atom is 2.00 e. The summed E-state index contributed by atoms with van der Waals surface area (Å²) in [5.74, 6) is 1.31. The number of hydrogen-bond donors (Lipinski definition) is 0. The van der Waals surface area contributed by atoms with Crippen LogP contribution in [0.25, 0.3) is 38.8 Å². The summed E-state index contributed by atoms with van der Waals surface area (Å²) >= 11 is 0. The smallest absolute Gasteiger partial charge is 0.355 e. The Morgan fingerprint density at radius 1 is 0.729 bits per heavy atom. The molecule has 240 valence electrons. The average Bonchev–Trinajstić information content (AvgIpc) is 3.62. The Morgan fingerprint density at radius 3 is 2.29 bits per heavy atom. The van der Waals surface area contributed by atoms with Crippen LogP contribution < -0.4 is 9.80 Å². The number of rotatable bonds is 6. The van der Waals surface area contributed by atoms with Crippen LogP contribution in [0.4, 0.5) is 17.1 Å². The van der Waals surface area contributed by atoms with Gasteiger partial charge in [-0.15, -0.1) is 11.5 Å². The summed E-state index contributed by atoms with van der Waals surface area (Å²) < 4.78 is 2.28. The molecule has 3 heterocycles. The monoisotopic (exact) mass is 805 g/mol. The summed E-state index contributed by atoms with van der Waals surface area (Å²) in [4.78, 5) is 9.57. The van der Waals surface area contributed by atoms with E-state index in [1.807, 2.05) is 6.20 Å². The molecule has 0 N–H and O–H groups in total. The van der Waals surface area contributed by atoms with Gasteiger partial charge in [-0.25, -0.2) is 4.98 Å². The van der Waals surface area contributed by atoms with Gasteiger partial charge in [0.25, 0.3) is 0 Å². The zero-order chi connectivity index (χ0) is 32.3. The third-order valence-corrected chi connectivity index (χ3v) is 9.81. The van der Waals surface area contributed by atoms with E-state index < -0.39 is 0 Å². The van der Waals surface area contributed by atoms with Crippen LogP contribution in [0.15, 0.2) is 121 Å². The van der Waals surface area contributed by atoms with Crippen molar-refractivity contribution >= 4 is 38.9 Å². The second-order valence-corrected chi connectivity index (χ2v) is 13.5. The van der Waals surface area contributed by atoms with Crippen LogP contribution in [-0.2, 0) is 26.5 Å². The third-order valence-electron chi connectivity index (χ3n) is 9.81. The van der Waals surface area contributed by atoms with Gasteiger partial charge in [0.2, 0.25) is 0 Å². The van der Waals surface area contributed by atoms with Gasteiger partial charge in [0.15, 0.2) is 0 Å². The van der Waals surface area contributed by atoms with Gasteiger partial charge in [-0.1, -0.05) is 93.5 Å². The van der Waals surface area contributed by atoms with Crippen molar-refractivity contribution in [3.05, 3.63) is 150 Å². The minimum Gasteiger partial charge on any atom is -0.355 e. The van der Waals surface area contributed by atoms with Crippen molar-refractivity contribution in [1.82, 2.24) is 9.55 Å². The van der Waals surface area contributed by atoms with E-state index in [4.69, 9.17) is 4.98 Å². The van der Waals surface area contributed by atoms with E-state index >= 15 is 0 Å². The molecule has 0 amide bonds. The quantitative estimate of drug-likeness (QED) is 0.157. The maximum absolute atomic E-state index is 4.94. The molecule has 0 saturated heterocycles. The summed E-state index contributed by atoms with van der Waals surface area (Å²) in [6, 6.07) is 48.9. The van der Waals surface area contributed by atoms with E-state index in [0.717, 1.165) is 40.3 Å². The summed E-state index contributed by atoms with van der Waals surface area (Å²) in [5, 5.41) is 2.37. The number of aromatic nitrogens is 2. The molecule has 7 aromatic rings. The van der Waals surface area contributed by atoms with Gasteiger partial charge in [-0.05, 0) is 63.7 Å². The SMILES string of the molecule is CC(C)c1ccccc1-c1ccnc(-n2c3[c-]c(C(C)(C)c4[c-]c(N5CN(C)c6ccccc65)ccc4)ccc3c3ccccc32)c1.[Pt+2]. The summed E-state index contributed by atoms with van der Waals surface area (Å²) in [5.41, 5.74) is 11.3. The summed E-state index contributed by atoms with van der Waals surface area (Å²) in [7, 11) is 2.14. The Hall–Kier alpha value is -4.66. The zero-order valence-electron chi connectivity index (χ0n) is 27.9. The van der Waals surface area contributed by atoms with Crippen molar-refractivity contribution in [2.45, 2.75) is 39.0 Å². The molecule has 5 aromatic carbocycles. The number of benzene rings is 5. The fourth-order valence-corrected chi connectivity index (χ4v) is 7.18. The first kappa shape index (κ1) is 31.9. The molecule has 4 nitrogen and oxygen atoms in total. The molecule has 8 rings (SSSR count). The van der Waals surface area contributed by atoms with Gasteiger partial charge < -0.3 is 14.4 Å². The predicted molar refractivity (Wildman–Crippen MR) is 196 cm³/mol. The second kappa shape index (κ2) is 12.4. The topological polar surface area (TPSA) is 24.3 Å². The minimum absolute atomic E-state index is 0. The summed E-state index contributed by atoms with van der Waals surface area (Å²) in [6.45, 7) is 9.85. The van der Waals surface area contributed by atoms with Gasteiger partial charge in [0, 0.05) is 18.8 Å². The average molecular weight is 806 g/mol. The first-order chi connectivity index (χ1) is 22.8. The minimum atomic E-state index is -0.345. The number of hydrogen-bond acceptors (Lipinski definition) is 3. The van der Waals surface area contributed by atoms with Crippen molar-refractivity contribution in [2.24, 2.45) is 0 Å². The van der Waals surface area contributed by atoms with Gasteiger partial charge in [0.1, 0.15) is 5.82 Å². The first-order valence-corrected chi connectivity index (χ1v) is 16.4. The molecule has 0 unspecified atom stereocenters. The Labute approximate surface area is 297 Å². The van der Waals surface area contributed by atoms with E-state index in [1.165, 1.54) is 38.8 Å². The molecule has 5 heteroatoms. The number of pyridine rings is 1. The van der Waals surface area contributed by atoms with Crippen LogP contribution >= 0.6 is 0 Å². The second-order valence-electron chi connectivity index (χ2n) is 13.5. The fourth-order valence-electron chi connectivity index (χ4n) is 7.18. The Balaban J connectivity index is 0.00000364. The molecule has 1 aliphatic rings. The van der Waals surface area contributed by atoms with Gasteiger partial charge in [-0.3, -0.25) is 0 Å². The molecule has 2 aromatic heterocycles.